The Kier molecular flexibility index (Phi) is 6.50. The van der Waals surface area contributed by atoms with Gasteiger partial charge in [0, 0.05) is 44.2 Å². The molecule has 116 valence electrons. The molecular weight excluding hydrogens is 268 g/mol. The van der Waals surface area contributed by atoms with Crippen molar-refractivity contribution in [2.45, 2.75) is 25.7 Å². The number of anilines is 2. The van der Waals surface area contributed by atoms with Gasteiger partial charge in [0.05, 0.1) is 0 Å². The van der Waals surface area contributed by atoms with Gasteiger partial charge >= 0.3 is 0 Å². The summed E-state index contributed by atoms with van der Waals surface area (Å²) in [5, 5.41) is 2.84. The van der Waals surface area contributed by atoms with Gasteiger partial charge in [0.15, 0.2) is 0 Å². The minimum Gasteiger partial charge on any atom is -0.399 e. The first kappa shape index (κ1) is 15.8. The van der Waals surface area contributed by atoms with Gasteiger partial charge in [-0.3, -0.25) is 4.79 Å². The molecule has 0 spiro atoms. The molecule has 2 rings (SSSR count). The van der Waals surface area contributed by atoms with Crippen LogP contribution < -0.4 is 11.1 Å². The first-order chi connectivity index (χ1) is 10.2. The molecule has 3 N–H and O–H groups in total. The molecule has 0 aromatic heterocycles. The van der Waals surface area contributed by atoms with Crippen LogP contribution in [0, 0.1) is 5.92 Å². The van der Waals surface area contributed by atoms with Gasteiger partial charge in [0.1, 0.15) is 0 Å². The summed E-state index contributed by atoms with van der Waals surface area (Å²) in [4.78, 5) is 11.7. The number of hydrogen-bond donors (Lipinski definition) is 2. The summed E-state index contributed by atoms with van der Waals surface area (Å²) in [7, 11) is 0. The molecule has 5 heteroatoms. The molecule has 1 saturated heterocycles. The molecule has 1 aromatic carbocycles. The fourth-order valence-corrected chi connectivity index (χ4v) is 2.29. The minimum atomic E-state index is 0.00874. The van der Waals surface area contributed by atoms with Crippen molar-refractivity contribution in [3.8, 4) is 0 Å². The normalized spacial score (nSPS) is 15.8. The molecule has 0 radical (unpaired) electrons. The highest BCUT2D eigenvalue weighted by Gasteiger charge is 2.13. The van der Waals surface area contributed by atoms with Gasteiger partial charge in [-0.1, -0.05) is 0 Å². The molecule has 1 fully saturated rings. The van der Waals surface area contributed by atoms with Gasteiger partial charge in [0.2, 0.25) is 5.91 Å². The maximum Gasteiger partial charge on any atom is 0.224 e. The van der Waals surface area contributed by atoms with Crippen molar-refractivity contribution in [1.82, 2.24) is 0 Å². The summed E-state index contributed by atoms with van der Waals surface area (Å²) in [5.74, 6) is 0.622. The lowest BCUT2D eigenvalue weighted by atomic mass is 10.0. The van der Waals surface area contributed by atoms with Crippen LogP contribution in [0.4, 0.5) is 11.4 Å². The van der Waals surface area contributed by atoms with E-state index in [1.807, 2.05) is 0 Å². The van der Waals surface area contributed by atoms with Crippen LogP contribution in [0.15, 0.2) is 24.3 Å². The Morgan fingerprint density at radius 1 is 1.29 bits per heavy atom. The first-order valence-corrected chi connectivity index (χ1v) is 7.55. The number of carbonyl (C=O) groups excluding carboxylic acids is 1. The van der Waals surface area contributed by atoms with Crippen LogP contribution in [-0.2, 0) is 14.3 Å². The molecule has 0 unspecified atom stereocenters. The van der Waals surface area contributed by atoms with Crippen LogP contribution in [-0.4, -0.2) is 32.3 Å². The van der Waals surface area contributed by atoms with Crippen molar-refractivity contribution in [3.05, 3.63) is 24.3 Å². The first-order valence-electron chi connectivity index (χ1n) is 7.55. The number of hydrogen-bond acceptors (Lipinski definition) is 4. The van der Waals surface area contributed by atoms with E-state index in [-0.39, 0.29) is 5.91 Å². The predicted octanol–water partition coefficient (Wildman–Crippen LogP) is 2.43. The summed E-state index contributed by atoms with van der Waals surface area (Å²) >= 11 is 0. The lowest BCUT2D eigenvalue weighted by Gasteiger charge is -2.21. The molecule has 1 heterocycles. The molecule has 0 saturated carbocycles. The Bertz CT molecular complexity index is 428. The maximum absolute atomic E-state index is 11.7. The van der Waals surface area contributed by atoms with E-state index in [1.165, 1.54) is 0 Å². The summed E-state index contributed by atoms with van der Waals surface area (Å²) < 4.78 is 10.9. The Labute approximate surface area is 125 Å². The van der Waals surface area contributed by atoms with Crippen LogP contribution in [0.25, 0.3) is 0 Å². The van der Waals surface area contributed by atoms with E-state index >= 15 is 0 Å². The Balaban J connectivity index is 1.53. The van der Waals surface area contributed by atoms with Crippen LogP contribution in [0.5, 0.6) is 0 Å². The van der Waals surface area contributed by atoms with Gasteiger partial charge in [-0.15, -0.1) is 0 Å². The fourth-order valence-electron chi connectivity index (χ4n) is 2.29. The molecule has 1 aliphatic rings. The van der Waals surface area contributed by atoms with E-state index in [0.717, 1.165) is 44.8 Å². The smallest absolute Gasteiger partial charge is 0.224 e. The van der Waals surface area contributed by atoms with E-state index in [4.69, 9.17) is 15.2 Å². The fraction of sp³-hybridized carbons (Fsp3) is 0.562. The van der Waals surface area contributed by atoms with Gasteiger partial charge in [-0.25, -0.2) is 0 Å². The standard InChI is InChI=1S/C16H24N2O3/c17-14-3-5-15(6-4-14)18-16(19)2-1-9-21-12-13-7-10-20-11-8-13/h3-6,13H,1-2,7-12,17H2,(H,18,19). The van der Waals surface area contributed by atoms with E-state index in [2.05, 4.69) is 5.32 Å². The number of carbonyl (C=O) groups is 1. The summed E-state index contributed by atoms with van der Waals surface area (Å²) in [6.07, 6.45) is 3.37. The lowest BCUT2D eigenvalue weighted by molar-refractivity contribution is -0.116. The SMILES string of the molecule is Nc1ccc(NC(=O)CCCOCC2CCOCC2)cc1. The van der Waals surface area contributed by atoms with E-state index in [0.29, 0.717) is 24.6 Å². The highest BCUT2D eigenvalue weighted by atomic mass is 16.5. The molecule has 1 aliphatic heterocycles. The van der Waals surface area contributed by atoms with Crippen molar-refractivity contribution in [1.29, 1.82) is 0 Å². The summed E-state index contributed by atoms with van der Waals surface area (Å²) in [6.45, 7) is 3.10. The molecule has 21 heavy (non-hydrogen) atoms. The average Bonchev–Trinajstić information content (AvgIpc) is 2.50. The molecule has 1 aromatic rings. The zero-order valence-corrected chi connectivity index (χ0v) is 12.3. The van der Waals surface area contributed by atoms with Gasteiger partial charge in [-0.05, 0) is 49.4 Å². The summed E-state index contributed by atoms with van der Waals surface area (Å²) in [5.41, 5.74) is 7.06. The van der Waals surface area contributed by atoms with Crippen LogP contribution in [0.2, 0.25) is 0 Å². The zero-order valence-electron chi connectivity index (χ0n) is 12.3. The van der Waals surface area contributed by atoms with Crippen molar-refractivity contribution in [2.75, 3.05) is 37.5 Å². The number of ether oxygens (including phenoxy) is 2. The summed E-state index contributed by atoms with van der Waals surface area (Å²) in [6, 6.07) is 7.14. The quantitative estimate of drug-likeness (QED) is 0.598. The average molecular weight is 292 g/mol. The van der Waals surface area contributed by atoms with Crippen LogP contribution >= 0.6 is 0 Å². The van der Waals surface area contributed by atoms with Gasteiger partial charge in [0.25, 0.3) is 0 Å². The van der Waals surface area contributed by atoms with Crippen LogP contribution in [0.1, 0.15) is 25.7 Å². The molecule has 0 aliphatic carbocycles. The van der Waals surface area contributed by atoms with E-state index < -0.39 is 0 Å². The highest BCUT2D eigenvalue weighted by molar-refractivity contribution is 5.90. The monoisotopic (exact) mass is 292 g/mol. The molecule has 5 nitrogen and oxygen atoms in total. The van der Waals surface area contributed by atoms with Gasteiger partial charge < -0.3 is 20.5 Å². The van der Waals surface area contributed by atoms with Crippen molar-refractivity contribution < 1.29 is 14.3 Å². The predicted molar refractivity (Wildman–Crippen MR) is 83.1 cm³/mol. The zero-order chi connectivity index (χ0) is 14.9. The second kappa shape index (κ2) is 8.64. The number of nitrogen functional groups attached to an aromatic ring is 1. The molecular formula is C16H24N2O3. The number of amides is 1. The van der Waals surface area contributed by atoms with Crippen LogP contribution in [0.3, 0.4) is 0 Å². The van der Waals surface area contributed by atoms with Gasteiger partial charge in [-0.2, -0.15) is 0 Å². The highest BCUT2D eigenvalue weighted by Crippen LogP contribution is 2.15. The third-order valence-corrected chi connectivity index (χ3v) is 3.58. The topological polar surface area (TPSA) is 73.6 Å². The van der Waals surface area contributed by atoms with Crippen molar-refractivity contribution in [3.63, 3.8) is 0 Å². The third-order valence-electron chi connectivity index (χ3n) is 3.58. The van der Waals surface area contributed by atoms with E-state index in [1.54, 1.807) is 24.3 Å². The second-order valence-corrected chi connectivity index (χ2v) is 5.40. The number of benzene rings is 1. The molecule has 1 amide bonds. The van der Waals surface area contributed by atoms with E-state index in [9.17, 15) is 4.79 Å². The second-order valence-electron chi connectivity index (χ2n) is 5.40. The molecule has 0 bridgehead atoms. The molecule has 0 atom stereocenters. The largest absolute Gasteiger partial charge is 0.399 e. The van der Waals surface area contributed by atoms with Crippen molar-refractivity contribution >= 4 is 17.3 Å². The Hall–Kier alpha value is -1.59. The lowest BCUT2D eigenvalue weighted by Crippen LogP contribution is -2.20. The van der Waals surface area contributed by atoms with Crippen molar-refractivity contribution in [2.24, 2.45) is 5.92 Å². The number of nitrogens with one attached hydrogen (secondary N) is 1. The Morgan fingerprint density at radius 3 is 2.71 bits per heavy atom. The minimum absolute atomic E-state index is 0.00874. The maximum atomic E-state index is 11.7. The number of nitrogens with two attached hydrogens (primary N) is 1. The third kappa shape index (κ3) is 6.14. The Morgan fingerprint density at radius 2 is 2.00 bits per heavy atom. The number of rotatable bonds is 7.